The molecule has 1 aromatic heterocycles. The van der Waals surface area contributed by atoms with Gasteiger partial charge in [-0.15, -0.1) is 6.58 Å². The van der Waals surface area contributed by atoms with Crippen LogP contribution in [0.4, 0.5) is 0 Å². The van der Waals surface area contributed by atoms with Crippen molar-refractivity contribution in [3.63, 3.8) is 0 Å². The lowest BCUT2D eigenvalue weighted by Crippen LogP contribution is -2.12. The Bertz CT molecular complexity index is 551. The van der Waals surface area contributed by atoms with E-state index in [4.69, 9.17) is 4.52 Å². The van der Waals surface area contributed by atoms with E-state index < -0.39 is 0 Å². The van der Waals surface area contributed by atoms with Crippen molar-refractivity contribution in [1.82, 2.24) is 15.5 Å². The van der Waals surface area contributed by atoms with Crippen LogP contribution in [0.5, 0.6) is 0 Å². The predicted octanol–water partition coefficient (Wildman–Crippen LogP) is 3.08. The van der Waals surface area contributed by atoms with Crippen LogP contribution in [0.1, 0.15) is 11.5 Å². The zero-order chi connectivity index (χ0) is 13.0. The van der Waals surface area contributed by atoms with Gasteiger partial charge < -0.3 is 9.84 Å². The number of rotatable bonds is 5. The van der Waals surface area contributed by atoms with Gasteiger partial charge in [0.05, 0.1) is 6.54 Å². The number of nitrogens with zero attached hydrogens (tertiary/aromatic N) is 2. The van der Waals surface area contributed by atoms with Gasteiger partial charge in [0.2, 0.25) is 11.7 Å². The van der Waals surface area contributed by atoms with Gasteiger partial charge in [-0.3, -0.25) is 0 Å². The lowest BCUT2D eigenvalue weighted by atomic mass is 10.1. The third kappa shape index (κ3) is 3.05. The van der Waals surface area contributed by atoms with Crippen LogP contribution >= 0.6 is 15.9 Å². The monoisotopic (exact) mass is 307 g/mol. The minimum absolute atomic E-state index is 0.544. The molecular formula is C13H14BrN3O. The second-order valence-corrected chi connectivity index (χ2v) is 4.77. The minimum Gasteiger partial charge on any atom is -0.338 e. The summed E-state index contributed by atoms with van der Waals surface area (Å²) in [5.41, 5.74) is 2.11. The smallest absolute Gasteiger partial charge is 0.240 e. The van der Waals surface area contributed by atoms with Crippen molar-refractivity contribution in [2.45, 2.75) is 13.5 Å². The molecule has 0 fully saturated rings. The molecule has 0 unspecified atom stereocenters. The third-order valence-corrected chi connectivity index (χ3v) is 3.05. The van der Waals surface area contributed by atoms with E-state index in [-0.39, 0.29) is 0 Å². The first kappa shape index (κ1) is 13.0. The van der Waals surface area contributed by atoms with Gasteiger partial charge in [-0.05, 0) is 24.6 Å². The van der Waals surface area contributed by atoms with Crippen LogP contribution in [0.3, 0.4) is 0 Å². The van der Waals surface area contributed by atoms with Crippen molar-refractivity contribution in [2.75, 3.05) is 6.54 Å². The molecule has 0 saturated carbocycles. The van der Waals surface area contributed by atoms with E-state index in [0.717, 1.165) is 10.0 Å². The van der Waals surface area contributed by atoms with E-state index in [1.807, 2.05) is 25.1 Å². The number of benzene rings is 1. The van der Waals surface area contributed by atoms with Gasteiger partial charge >= 0.3 is 0 Å². The Balaban J connectivity index is 2.16. The Hall–Kier alpha value is -1.46. The van der Waals surface area contributed by atoms with Crippen LogP contribution in [-0.2, 0) is 6.54 Å². The fourth-order valence-electron chi connectivity index (χ4n) is 1.52. The molecular weight excluding hydrogens is 294 g/mol. The van der Waals surface area contributed by atoms with Crippen LogP contribution in [0.25, 0.3) is 11.4 Å². The van der Waals surface area contributed by atoms with Crippen LogP contribution < -0.4 is 5.32 Å². The summed E-state index contributed by atoms with van der Waals surface area (Å²) in [5, 5.41) is 7.09. The second-order valence-electron chi connectivity index (χ2n) is 3.91. The van der Waals surface area contributed by atoms with Gasteiger partial charge in [0.1, 0.15) is 0 Å². The first-order chi connectivity index (χ1) is 8.70. The standard InChI is InChI=1S/C13H14BrN3O/c1-3-6-15-8-12-16-13(17-18-12)10-5-4-9(2)7-11(10)14/h3-5,7,15H,1,6,8H2,2H3. The van der Waals surface area contributed by atoms with Gasteiger partial charge in [-0.2, -0.15) is 4.98 Å². The Morgan fingerprint density at radius 1 is 1.50 bits per heavy atom. The number of aryl methyl sites for hydroxylation is 1. The van der Waals surface area contributed by atoms with Crippen molar-refractivity contribution >= 4 is 15.9 Å². The minimum atomic E-state index is 0.544. The highest BCUT2D eigenvalue weighted by Crippen LogP contribution is 2.26. The third-order valence-electron chi connectivity index (χ3n) is 2.40. The fourth-order valence-corrected chi connectivity index (χ4v) is 2.19. The molecule has 0 aliphatic carbocycles. The molecule has 0 radical (unpaired) electrons. The van der Waals surface area contributed by atoms with Gasteiger partial charge in [-0.25, -0.2) is 0 Å². The summed E-state index contributed by atoms with van der Waals surface area (Å²) in [7, 11) is 0. The normalized spacial score (nSPS) is 10.6. The maximum Gasteiger partial charge on any atom is 0.240 e. The van der Waals surface area contributed by atoms with Crippen LogP contribution in [0.15, 0.2) is 39.8 Å². The summed E-state index contributed by atoms with van der Waals surface area (Å²) >= 11 is 3.51. The maximum absolute atomic E-state index is 5.17. The number of halogens is 1. The molecule has 2 rings (SSSR count). The Morgan fingerprint density at radius 2 is 2.33 bits per heavy atom. The zero-order valence-electron chi connectivity index (χ0n) is 10.1. The molecule has 1 heterocycles. The highest BCUT2D eigenvalue weighted by Gasteiger charge is 2.11. The van der Waals surface area contributed by atoms with E-state index in [9.17, 15) is 0 Å². The highest BCUT2D eigenvalue weighted by atomic mass is 79.9. The predicted molar refractivity (Wildman–Crippen MR) is 74.1 cm³/mol. The molecule has 94 valence electrons. The number of hydrogen-bond acceptors (Lipinski definition) is 4. The molecule has 0 saturated heterocycles. The number of aromatic nitrogens is 2. The summed E-state index contributed by atoms with van der Waals surface area (Å²) in [4.78, 5) is 4.34. The maximum atomic E-state index is 5.17. The Kier molecular flexibility index (Phi) is 4.28. The molecule has 5 heteroatoms. The molecule has 2 aromatic rings. The SMILES string of the molecule is C=CCNCc1nc(-c2ccc(C)cc2Br)no1. The number of hydrogen-bond donors (Lipinski definition) is 1. The highest BCUT2D eigenvalue weighted by molar-refractivity contribution is 9.10. The quantitative estimate of drug-likeness (QED) is 0.681. The molecule has 0 spiro atoms. The fraction of sp³-hybridized carbons (Fsp3) is 0.231. The van der Waals surface area contributed by atoms with Crippen LogP contribution in [-0.4, -0.2) is 16.7 Å². The average molecular weight is 308 g/mol. The molecule has 0 bridgehead atoms. The topological polar surface area (TPSA) is 51.0 Å². The van der Waals surface area contributed by atoms with Crippen molar-refractivity contribution in [1.29, 1.82) is 0 Å². The van der Waals surface area contributed by atoms with Crippen molar-refractivity contribution in [3.05, 3.63) is 46.8 Å². The van der Waals surface area contributed by atoms with E-state index in [1.165, 1.54) is 5.56 Å². The molecule has 18 heavy (non-hydrogen) atoms. The second kappa shape index (κ2) is 5.93. The summed E-state index contributed by atoms with van der Waals surface area (Å²) in [6.45, 7) is 6.92. The van der Waals surface area contributed by atoms with E-state index in [1.54, 1.807) is 6.08 Å². The zero-order valence-corrected chi connectivity index (χ0v) is 11.7. The molecule has 1 aromatic carbocycles. The first-order valence-corrected chi connectivity index (χ1v) is 6.40. The van der Waals surface area contributed by atoms with Crippen molar-refractivity contribution < 1.29 is 4.52 Å². The molecule has 0 amide bonds. The van der Waals surface area contributed by atoms with Gasteiger partial charge in [0.25, 0.3) is 0 Å². The molecule has 0 atom stereocenters. The Labute approximate surface area is 114 Å². The van der Waals surface area contributed by atoms with E-state index in [0.29, 0.717) is 24.8 Å². The molecule has 4 nitrogen and oxygen atoms in total. The lowest BCUT2D eigenvalue weighted by Gasteiger charge is -1.99. The molecule has 0 aliphatic heterocycles. The summed E-state index contributed by atoms with van der Waals surface area (Å²) in [6.07, 6.45) is 1.79. The summed E-state index contributed by atoms with van der Waals surface area (Å²) < 4.78 is 6.14. The van der Waals surface area contributed by atoms with Crippen molar-refractivity contribution in [2.24, 2.45) is 0 Å². The lowest BCUT2D eigenvalue weighted by molar-refractivity contribution is 0.370. The summed E-state index contributed by atoms with van der Waals surface area (Å²) in [5.74, 6) is 1.16. The van der Waals surface area contributed by atoms with Gasteiger partial charge in [0, 0.05) is 16.6 Å². The average Bonchev–Trinajstić information content (AvgIpc) is 2.78. The van der Waals surface area contributed by atoms with Crippen LogP contribution in [0.2, 0.25) is 0 Å². The largest absolute Gasteiger partial charge is 0.338 e. The Morgan fingerprint density at radius 3 is 3.06 bits per heavy atom. The van der Waals surface area contributed by atoms with Crippen molar-refractivity contribution in [3.8, 4) is 11.4 Å². The number of nitrogens with one attached hydrogen (secondary N) is 1. The van der Waals surface area contributed by atoms with Crippen LogP contribution in [0, 0.1) is 6.92 Å². The van der Waals surface area contributed by atoms with E-state index in [2.05, 4.69) is 38.0 Å². The van der Waals surface area contributed by atoms with Gasteiger partial charge in [0.15, 0.2) is 0 Å². The first-order valence-electron chi connectivity index (χ1n) is 5.61. The van der Waals surface area contributed by atoms with E-state index >= 15 is 0 Å². The molecule has 0 aliphatic rings. The van der Waals surface area contributed by atoms with Gasteiger partial charge in [-0.1, -0.05) is 33.2 Å². The summed E-state index contributed by atoms with van der Waals surface area (Å²) in [6, 6.07) is 6.03. The molecule has 1 N–H and O–H groups in total.